The summed E-state index contributed by atoms with van der Waals surface area (Å²) in [5.41, 5.74) is 1.66. The van der Waals surface area contributed by atoms with E-state index in [0.29, 0.717) is 18.8 Å². The smallest absolute Gasteiger partial charge is 0.411 e. The van der Waals surface area contributed by atoms with Gasteiger partial charge in [0.15, 0.2) is 0 Å². The van der Waals surface area contributed by atoms with E-state index < -0.39 is 23.8 Å². The summed E-state index contributed by atoms with van der Waals surface area (Å²) in [5, 5.41) is 4.50. The van der Waals surface area contributed by atoms with Crippen LogP contribution in [0.1, 0.15) is 39.0 Å². The number of ether oxygens (including phenoxy) is 3. The second-order valence-corrected chi connectivity index (χ2v) is 10.7. The van der Waals surface area contributed by atoms with Crippen LogP contribution in [0, 0.1) is 0 Å². The lowest BCUT2D eigenvalue weighted by atomic mass is 10.0. The minimum Gasteiger partial charge on any atom is -0.445 e. The topological polar surface area (TPSA) is 106 Å². The molecular weight excluding hydrogens is 478 g/mol. The second-order valence-electron chi connectivity index (χ2n) is 10.7. The van der Waals surface area contributed by atoms with Crippen molar-refractivity contribution in [3.8, 4) is 0 Å². The third-order valence-corrected chi connectivity index (χ3v) is 6.81. The Morgan fingerprint density at radius 1 is 1.11 bits per heavy atom. The Morgan fingerprint density at radius 2 is 1.86 bits per heavy atom. The number of anilines is 1. The molecule has 198 valence electrons. The first kappa shape index (κ1) is 25.1. The molecule has 11 heteroatoms. The SMILES string of the molecule is C[C@H]1Cn2ncc(N3CC4COCC(C3=O)N4C(=O)OCc3ccccc3)c2CN1C(=O)OC(C)(C)C. The molecule has 3 aliphatic heterocycles. The number of fused-ring (bicyclic) bond motifs is 3. The van der Waals surface area contributed by atoms with E-state index in [1.165, 1.54) is 4.90 Å². The largest absolute Gasteiger partial charge is 0.445 e. The van der Waals surface area contributed by atoms with Gasteiger partial charge in [0.2, 0.25) is 0 Å². The van der Waals surface area contributed by atoms with Crippen LogP contribution in [0.4, 0.5) is 15.3 Å². The molecule has 0 radical (unpaired) electrons. The number of amides is 3. The van der Waals surface area contributed by atoms with E-state index in [1.807, 2.05) is 62.7 Å². The summed E-state index contributed by atoms with van der Waals surface area (Å²) in [6.07, 6.45) is 0.733. The lowest BCUT2D eigenvalue weighted by Gasteiger charge is -2.48. The first-order valence-electron chi connectivity index (χ1n) is 12.5. The van der Waals surface area contributed by atoms with Crippen molar-refractivity contribution in [3.05, 3.63) is 47.8 Å². The molecule has 11 nitrogen and oxygen atoms in total. The van der Waals surface area contributed by atoms with Gasteiger partial charge in [0, 0.05) is 6.54 Å². The van der Waals surface area contributed by atoms with Crippen molar-refractivity contribution in [2.45, 2.75) is 71.1 Å². The maximum Gasteiger partial charge on any atom is 0.411 e. The van der Waals surface area contributed by atoms with Gasteiger partial charge >= 0.3 is 12.2 Å². The lowest BCUT2D eigenvalue weighted by molar-refractivity contribution is -0.137. The van der Waals surface area contributed by atoms with Crippen molar-refractivity contribution >= 4 is 23.8 Å². The Morgan fingerprint density at radius 3 is 2.59 bits per heavy atom. The van der Waals surface area contributed by atoms with Gasteiger partial charge in [-0.3, -0.25) is 19.3 Å². The molecule has 5 rings (SSSR count). The number of carbonyl (C=O) groups excluding carboxylic acids is 3. The molecule has 2 saturated heterocycles. The molecule has 2 bridgehead atoms. The molecule has 0 aliphatic carbocycles. The predicted octanol–water partition coefficient (Wildman–Crippen LogP) is 2.78. The molecule has 0 N–H and O–H groups in total. The summed E-state index contributed by atoms with van der Waals surface area (Å²) in [5.74, 6) is -0.258. The molecule has 4 heterocycles. The zero-order valence-electron chi connectivity index (χ0n) is 21.6. The van der Waals surface area contributed by atoms with Gasteiger partial charge < -0.3 is 19.1 Å². The summed E-state index contributed by atoms with van der Waals surface area (Å²) in [6, 6.07) is 8.14. The summed E-state index contributed by atoms with van der Waals surface area (Å²) in [4.78, 5) is 44.4. The number of carbonyl (C=O) groups is 3. The molecule has 0 spiro atoms. The van der Waals surface area contributed by atoms with Crippen LogP contribution in [-0.4, -0.2) is 81.2 Å². The van der Waals surface area contributed by atoms with Gasteiger partial charge in [-0.15, -0.1) is 0 Å². The maximum absolute atomic E-state index is 13.6. The average molecular weight is 512 g/mol. The van der Waals surface area contributed by atoms with Crippen molar-refractivity contribution in [1.82, 2.24) is 19.6 Å². The van der Waals surface area contributed by atoms with Gasteiger partial charge in [0.05, 0.1) is 56.0 Å². The fourth-order valence-electron chi connectivity index (χ4n) is 5.01. The van der Waals surface area contributed by atoms with E-state index in [4.69, 9.17) is 14.2 Å². The summed E-state index contributed by atoms with van der Waals surface area (Å²) < 4.78 is 18.6. The molecule has 1 aromatic heterocycles. The van der Waals surface area contributed by atoms with Gasteiger partial charge in [0.1, 0.15) is 18.2 Å². The first-order chi connectivity index (χ1) is 17.6. The number of nitrogens with zero attached hydrogens (tertiary/aromatic N) is 5. The van der Waals surface area contributed by atoms with Gasteiger partial charge in [0.25, 0.3) is 5.91 Å². The number of hydrogen-bond acceptors (Lipinski definition) is 7. The van der Waals surface area contributed by atoms with Gasteiger partial charge in [-0.05, 0) is 33.3 Å². The molecule has 2 unspecified atom stereocenters. The standard InChI is InChI=1S/C26H33N5O6/c1-17-11-30-21(13-28(17)24(33)37-26(2,3)4)20(10-27-30)29-12-19-15-35-16-22(23(29)32)31(19)25(34)36-14-18-8-6-5-7-9-18/h5-10,17,19,22H,11-16H2,1-4H3/t17-,19?,22?/m0/s1. The predicted molar refractivity (Wildman–Crippen MR) is 133 cm³/mol. The zero-order chi connectivity index (χ0) is 26.3. The number of hydrogen-bond donors (Lipinski definition) is 0. The lowest BCUT2D eigenvalue weighted by Crippen LogP contribution is -2.69. The fourth-order valence-corrected chi connectivity index (χ4v) is 5.01. The Bertz CT molecular complexity index is 1180. The molecular formula is C26H33N5O6. The van der Waals surface area contributed by atoms with E-state index in [2.05, 4.69) is 5.10 Å². The highest BCUT2D eigenvalue weighted by atomic mass is 16.6. The van der Waals surface area contributed by atoms with E-state index in [-0.39, 0.29) is 44.3 Å². The minimum atomic E-state index is -0.796. The van der Waals surface area contributed by atoms with E-state index in [9.17, 15) is 14.4 Å². The van der Waals surface area contributed by atoms with Crippen molar-refractivity contribution in [1.29, 1.82) is 0 Å². The molecule has 0 saturated carbocycles. The monoisotopic (exact) mass is 511 g/mol. The molecule has 3 atom stereocenters. The molecule has 3 aliphatic rings. The van der Waals surface area contributed by atoms with Crippen LogP contribution in [0.2, 0.25) is 0 Å². The van der Waals surface area contributed by atoms with Crippen LogP contribution in [0.3, 0.4) is 0 Å². The molecule has 2 fully saturated rings. The van der Waals surface area contributed by atoms with Crippen molar-refractivity contribution in [3.63, 3.8) is 0 Å². The summed E-state index contributed by atoms with van der Waals surface area (Å²) in [7, 11) is 0. The van der Waals surface area contributed by atoms with Crippen molar-refractivity contribution < 1.29 is 28.6 Å². The van der Waals surface area contributed by atoms with Crippen LogP contribution in [0.25, 0.3) is 0 Å². The quantitative estimate of drug-likeness (QED) is 0.624. The van der Waals surface area contributed by atoms with Crippen molar-refractivity contribution in [2.24, 2.45) is 0 Å². The number of benzene rings is 1. The van der Waals surface area contributed by atoms with Crippen LogP contribution in [0.5, 0.6) is 0 Å². The van der Waals surface area contributed by atoms with Crippen LogP contribution in [-0.2, 0) is 38.7 Å². The summed E-state index contributed by atoms with van der Waals surface area (Å²) in [6.45, 7) is 8.97. The van der Waals surface area contributed by atoms with Crippen LogP contribution >= 0.6 is 0 Å². The number of aromatic nitrogens is 2. The Kier molecular flexibility index (Phi) is 6.57. The fraction of sp³-hybridized carbons (Fsp3) is 0.538. The minimum absolute atomic E-state index is 0.0941. The van der Waals surface area contributed by atoms with Gasteiger partial charge in [-0.25, -0.2) is 9.59 Å². The Labute approximate surface area is 215 Å². The Balaban J connectivity index is 1.33. The van der Waals surface area contributed by atoms with Crippen molar-refractivity contribution in [2.75, 3.05) is 24.7 Å². The number of piperazine rings is 1. The van der Waals surface area contributed by atoms with E-state index >= 15 is 0 Å². The highest BCUT2D eigenvalue weighted by molar-refractivity contribution is 6.00. The molecule has 2 aromatic rings. The highest BCUT2D eigenvalue weighted by Gasteiger charge is 2.48. The number of morpholine rings is 1. The molecule has 3 amide bonds. The van der Waals surface area contributed by atoms with Crippen LogP contribution in [0.15, 0.2) is 36.5 Å². The number of rotatable bonds is 3. The maximum atomic E-state index is 13.6. The molecule has 1 aromatic carbocycles. The zero-order valence-corrected chi connectivity index (χ0v) is 21.6. The third kappa shape index (κ3) is 5.00. The third-order valence-electron chi connectivity index (χ3n) is 6.81. The average Bonchev–Trinajstić information content (AvgIpc) is 3.25. The second kappa shape index (κ2) is 9.70. The highest BCUT2D eigenvalue weighted by Crippen LogP contribution is 2.33. The van der Waals surface area contributed by atoms with Crippen LogP contribution < -0.4 is 4.90 Å². The van der Waals surface area contributed by atoms with Gasteiger partial charge in [-0.1, -0.05) is 30.3 Å². The summed E-state index contributed by atoms with van der Waals surface area (Å²) >= 11 is 0. The van der Waals surface area contributed by atoms with Gasteiger partial charge in [-0.2, -0.15) is 5.10 Å². The van der Waals surface area contributed by atoms with E-state index in [1.54, 1.807) is 16.0 Å². The van der Waals surface area contributed by atoms with E-state index in [0.717, 1.165) is 11.3 Å². The molecule has 37 heavy (non-hydrogen) atoms. The normalized spacial score (nSPS) is 23.5. The Hall–Kier alpha value is -3.60. The first-order valence-corrected chi connectivity index (χ1v) is 12.5.